The van der Waals surface area contributed by atoms with Gasteiger partial charge in [-0.2, -0.15) is 0 Å². The molecule has 0 amide bonds. The second-order valence-electron chi connectivity index (χ2n) is 2.41. The number of rotatable bonds is 0. The maximum Gasteiger partial charge on any atom is 0.123 e. The molecule has 1 N–H and O–H groups in total. The first-order chi connectivity index (χ1) is 5.38. The van der Waals surface area contributed by atoms with Gasteiger partial charge >= 0.3 is 0 Å². The van der Waals surface area contributed by atoms with E-state index in [1.54, 1.807) is 12.1 Å². The highest BCUT2D eigenvalue weighted by atomic mass is 16.3. The lowest BCUT2D eigenvalue weighted by Crippen LogP contribution is -1.71. The van der Waals surface area contributed by atoms with Crippen molar-refractivity contribution >= 4 is 10.8 Å². The lowest BCUT2D eigenvalue weighted by Gasteiger charge is -1.97. The van der Waals surface area contributed by atoms with E-state index in [-0.39, 0.29) is 0 Å². The quantitative estimate of drug-likeness (QED) is 0.600. The Morgan fingerprint density at radius 1 is 1.09 bits per heavy atom. The summed E-state index contributed by atoms with van der Waals surface area (Å²) in [7, 11) is 0. The summed E-state index contributed by atoms with van der Waals surface area (Å²) in [6.07, 6.45) is 0. The van der Waals surface area contributed by atoms with Crippen molar-refractivity contribution < 1.29 is 5.11 Å². The van der Waals surface area contributed by atoms with E-state index in [2.05, 4.69) is 6.07 Å². The maximum absolute atomic E-state index is 9.35. The summed E-state index contributed by atoms with van der Waals surface area (Å²) in [5.74, 6) is 0.319. The molecule has 1 nitrogen and oxygen atoms in total. The van der Waals surface area contributed by atoms with Crippen molar-refractivity contribution in [2.24, 2.45) is 0 Å². The zero-order valence-electron chi connectivity index (χ0n) is 5.91. The van der Waals surface area contributed by atoms with Crippen LogP contribution in [-0.4, -0.2) is 5.11 Å². The molecule has 0 unspecified atom stereocenters. The molecule has 0 fully saturated rings. The zero-order chi connectivity index (χ0) is 7.68. The lowest BCUT2D eigenvalue weighted by atomic mass is 10.1. The molecule has 2 aromatic rings. The van der Waals surface area contributed by atoms with Crippen molar-refractivity contribution in [2.75, 3.05) is 0 Å². The first-order valence-corrected chi connectivity index (χ1v) is 3.46. The Labute approximate surface area is 64.9 Å². The summed E-state index contributed by atoms with van der Waals surface area (Å²) in [6, 6.07) is 14.0. The molecule has 2 rings (SSSR count). The Morgan fingerprint density at radius 2 is 1.91 bits per heavy atom. The third kappa shape index (κ3) is 0.944. The average molecular weight is 143 g/mol. The number of fused-ring (bicyclic) bond motifs is 1. The van der Waals surface area contributed by atoms with Crippen molar-refractivity contribution in [3.8, 4) is 5.75 Å². The third-order valence-corrected chi connectivity index (χ3v) is 1.68. The third-order valence-electron chi connectivity index (χ3n) is 1.68. The molecule has 0 atom stereocenters. The van der Waals surface area contributed by atoms with E-state index >= 15 is 0 Å². The second-order valence-corrected chi connectivity index (χ2v) is 2.41. The van der Waals surface area contributed by atoms with Gasteiger partial charge in [-0.15, -0.1) is 0 Å². The van der Waals surface area contributed by atoms with Crippen LogP contribution in [0.25, 0.3) is 10.8 Å². The van der Waals surface area contributed by atoms with Gasteiger partial charge in [-0.1, -0.05) is 30.3 Å². The van der Waals surface area contributed by atoms with Crippen LogP contribution in [0.3, 0.4) is 0 Å². The number of hydrogen-bond acceptors (Lipinski definition) is 1. The highest BCUT2D eigenvalue weighted by molar-refractivity contribution is 5.87. The van der Waals surface area contributed by atoms with Gasteiger partial charge in [0, 0.05) is 5.39 Å². The van der Waals surface area contributed by atoms with E-state index < -0.39 is 0 Å². The Kier molecular flexibility index (Phi) is 1.29. The summed E-state index contributed by atoms with van der Waals surface area (Å²) in [4.78, 5) is 0. The number of phenolic OH excluding ortho intramolecular Hbond substituents is 1. The molecule has 1 radical (unpaired) electrons. The van der Waals surface area contributed by atoms with Crippen molar-refractivity contribution in [3.05, 3.63) is 42.5 Å². The summed E-state index contributed by atoms with van der Waals surface area (Å²) >= 11 is 0. The molecule has 11 heavy (non-hydrogen) atoms. The first kappa shape index (κ1) is 6.23. The number of hydrogen-bond donors (Lipinski definition) is 1. The van der Waals surface area contributed by atoms with Gasteiger partial charge < -0.3 is 5.11 Å². The second kappa shape index (κ2) is 2.27. The fourth-order valence-electron chi connectivity index (χ4n) is 1.13. The molecule has 0 aliphatic rings. The van der Waals surface area contributed by atoms with Crippen LogP contribution in [-0.2, 0) is 0 Å². The molecule has 1 heteroatoms. The summed E-state index contributed by atoms with van der Waals surface area (Å²) in [6.45, 7) is 0. The van der Waals surface area contributed by atoms with Crippen LogP contribution >= 0.6 is 0 Å². The monoisotopic (exact) mass is 143 g/mol. The normalized spacial score (nSPS) is 10.2. The van der Waals surface area contributed by atoms with E-state index in [1.165, 1.54) is 0 Å². The zero-order valence-corrected chi connectivity index (χ0v) is 5.91. The smallest absolute Gasteiger partial charge is 0.123 e. The summed E-state index contributed by atoms with van der Waals surface area (Å²) < 4.78 is 0. The van der Waals surface area contributed by atoms with Crippen LogP contribution in [0.2, 0.25) is 0 Å². The molecule has 0 saturated carbocycles. The van der Waals surface area contributed by atoms with E-state index in [0.29, 0.717) is 5.75 Å². The van der Waals surface area contributed by atoms with Crippen molar-refractivity contribution in [1.82, 2.24) is 0 Å². The average Bonchev–Trinajstić information content (AvgIpc) is 2.06. The Hall–Kier alpha value is -1.50. The van der Waals surface area contributed by atoms with Gasteiger partial charge in [-0.3, -0.25) is 0 Å². The van der Waals surface area contributed by atoms with Crippen LogP contribution in [0, 0.1) is 6.07 Å². The minimum Gasteiger partial charge on any atom is -0.507 e. The summed E-state index contributed by atoms with van der Waals surface area (Å²) in [5.41, 5.74) is 0. The van der Waals surface area contributed by atoms with Gasteiger partial charge in [0.05, 0.1) is 0 Å². The van der Waals surface area contributed by atoms with Gasteiger partial charge in [-0.25, -0.2) is 0 Å². The van der Waals surface area contributed by atoms with E-state index in [9.17, 15) is 5.11 Å². The highest BCUT2D eigenvalue weighted by Gasteiger charge is 1.94. The topological polar surface area (TPSA) is 20.2 Å². The number of benzene rings is 2. The van der Waals surface area contributed by atoms with Crippen LogP contribution in [0.1, 0.15) is 0 Å². The molecule has 0 spiro atoms. The van der Waals surface area contributed by atoms with Crippen molar-refractivity contribution in [3.63, 3.8) is 0 Å². The molecule has 0 aliphatic carbocycles. The van der Waals surface area contributed by atoms with Crippen molar-refractivity contribution in [1.29, 1.82) is 0 Å². The predicted octanol–water partition coefficient (Wildman–Crippen LogP) is 2.35. The van der Waals surface area contributed by atoms with E-state index in [1.807, 2.05) is 24.3 Å². The van der Waals surface area contributed by atoms with Gasteiger partial charge in [-0.05, 0) is 17.5 Å². The highest BCUT2D eigenvalue weighted by Crippen LogP contribution is 2.22. The van der Waals surface area contributed by atoms with Crippen LogP contribution < -0.4 is 0 Å². The van der Waals surface area contributed by atoms with Gasteiger partial charge in [0.15, 0.2) is 0 Å². The van der Waals surface area contributed by atoms with Gasteiger partial charge in [0.1, 0.15) is 5.75 Å². The van der Waals surface area contributed by atoms with Gasteiger partial charge in [0.25, 0.3) is 0 Å². The SMILES string of the molecule is Oc1cc[c]c2ccccc12. The van der Waals surface area contributed by atoms with E-state index in [4.69, 9.17) is 0 Å². The fourth-order valence-corrected chi connectivity index (χ4v) is 1.13. The molecule has 2 aromatic carbocycles. The first-order valence-electron chi connectivity index (χ1n) is 3.46. The largest absolute Gasteiger partial charge is 0.507 e. The molecule has 0 saturated heterocycles. The molecule has 0 heterocycles. The van der Waals surface area contributed by atoms with Gasteiger partial charge in [0.2, 0.25) is 0 Å². The maximum atomic E-state index is 9.35. The molecule has 0 aliphatic heterocycles. The number of phenols is 1. The Morgan fingerprint density at radius 3 is 2.73 bits per heavy atom. The number of aromatic hydroxyl groups is 1. The molecular weight excluding hydrogens is 136 g/mol. The van der Waals surface area contributed by atoms with Crippen molar-refractivity contribution in [2.45, 2.75) is 0 Å². The summed E-state index contributed by atoms with van der Waals surface area (Å²) in [5, 5.41) is 11.2. The predicted molar refractivity (Wildman–Crippen MR) is 44.4 cm³/mol. The fraction of sp³-hybridized carbons (Fsp3) is 0. The Bertz CT molecular complexity index is 374. The van der Waals surface area contributed by atoms with Crippen LogP contribution in [0.15, 0.2) is 36.4 Å². The minimum absolute atomic E-state index is 0.319. The molecule has 0 aromatic heterocycles. The lowest BCUT2D eigenvalue weighted by molar-refractivity contribution is 0.481. The van der Waals surface area contributed by atoms with Crippen LogP contribution in [0.5, 0.6) is 5.75 Å². The molecule has 53 valence electrons. The molecular formula is C10H7O. The Balaban J connectivity index is 2.91. The standard InChI is InChI=1S/C10H7O/c11-10-7-3-5-8-4-1-2-6-9(8)10/h1-4,6-7,11H. The van der Waals surface area contributed by atoms with Crippen LogP contribution in [0.4, 0.5) is 0 Å². The minimum atomic E-state index is 0.319. The van der Waals surface area contributed by atoms with E-state index in [0.717, 1.165) is 10.8 Å². The molecule has 0 bridgehead atoms.